The van der Waals surface area contributed by atoms with Gasteiger partial charge < -0.3 is 9.47 Å². The largest absolute Gasteiger partial charge is 0.334 e. The van der Waals surface area contributed by atoms with Crippen molar-refractivity contribution >= 4 is 5.91 Å². The molecule has 3 aliphatic heterocycles. The number of rotatable bonds is 4. The summed E-state index contributed by atoms with van der Waals surface area (Å²) in [5.74, 6) is 0.383. The highest BCUT2D eigenvalue weighted by Crippen LogP contribution is 2.29. The van der Waals surface area contributed by atoms with Gasteiger partial charge in [-0.3, -0.25) is 14.5 Å². The summed E-state index contributed by atoms with van der Waals surface area (Å²) < 4.78 is 1.69. The number of fused-ring (bicyclic) bond motifs is 4. The van der Waals surface area contributed by atoms with E-state index in [0.29, 0.717) is 18.0 Å². The quantitative estimate of drug-likeness (QED) is 0.821. The average Bonchev–Trinajstić information content (AvgIpc) is 2.99. The summed E-state index contributed by atoms with van der Waals surface area (Å²) in [6.45, 7) is 8.01. The van der Waals surface area contributed by atoms with Crippen molar-refractivity contribution in [2.75, 3.05) is 19.6 Å². The number of carbonyl (C=O) groups is 1. The molecule has 0 saturated carbocycles. The lowest BCUT2D eigenvalue weighted by Gasteiger charge is -2.36. The van der Waals surface area contributed by atoms with E-state index in [9.17, 15) is 9.59 Å². The Kier molecular flexibility index (Phi) is 5.36. The van der Waals surface area contributed by atoms with Crippen LogP contribution in [0.25, 0.3) is 0 Å². The smallest absolute Gasteiger partial charge is 0.263 e. The van der Waals surface area contributed by atoms with Crippen molar-refractivity contribution in [2.24, 2.45) is 5.92 Å². The van der Waals surface area contributed by atoms with Gasteiger partial charge in [0.15, 0.2) is 0 Å². The van der Waals surface area contributed by atoms with Gasteiger partial charge in [0.25, 0.3) is 11.5 Å². The molecule has 2 atom stereocenters. The van der Waals surface area contributed by atoms with Gasteiger partial charge in [-0.2, -0.15) is 0 Å². The number of aromatic nitrogens is 1. The van der Waals surface area contributed by atoms with E-state index in [2.05, 4.69) is 29.2 Å². The molecule has 5 heteroatoms. The first-order valence-corrected chi connectivity index (χ1v) is 10.3. The first-order chi connectivity index (χ1) is 13.6. The van der Waals surface area contributed by atoms with Crippen LogP contribution in [0.4, 0.5) is 0 Å². The molecule has 1 amide bonds. The number of piperidine rings is 1. The number of carbonyl (C=O) groups excluding carboxylic acids is 1. The Morgan fingerprint density at radius 2 is 1.82 bits per heavy atom. The number of amides is 1. The van der Waals surface area contributed by atoms with Gasteiger partial charge in [-0.15, -0.1) is 0 Å². The summed E-state index contributed by atoms with van der Waals surface area (Å²) in [7, 11) is 0. The number of nitrogens with zero attached hydrogens (tertiary/aromatic N) is 3. The van der Waals surface area contributed by atoms with Crippen molar-refractivity contribution in [3.63, 3.8) is 0 Å². The van der Waals surface area contributed by atoms with Gasteiger partial charge in [-0.1, -0.05) is 30.3 Å². The summed E-state index contributed by atoms with van der Waals surface area (Å²) in [5.41, 5.74) is 2.37. The van der Waals surface area contributed by atoms with Gasteiger partial charge in [0.1, 0.15) is 5.56 Å². The van der Waals surface area contributed by atoms with E-state index in [-0.39, 0.29) is 17.5 Å². The summed E-state index contributed by atoms with van der Waals surface area (Å²) in [6.07, 6.45) is 2.18. The van der Waals surface area contributed by atoms with Crippen LogP contribution in [0.5, 0.6) is 0 Å². The Morgan fingerprint density at radius 1 is 1.04 bits per heavy atom. The molecular weight excluding hydrogens is 350 g/mol. The monoisotopic (exact) mass is 379 g/mol. The van der Waals surface area contributed by atoms with Gasteiger partial charge in [-0.05, 0) is 50.3 Å². The Balaban J connectivity index is 1.55. The van der Waals surface area contributed by atoms with Gasteiger partial charge >= 0.3 is 0 Å². The second-order valence-electron chi connectivity index (χ2n) is 8.17. The number of hydrogen-bond donors (Lipinski definition) is 0. The minimum absolute atomic E-state index is 0.0940. The average molecular weight is 380 g/mol. The number of benzene rings is 1. The zero-order valence-corrected chi connectivity index (χ0v) is 16.8. The third kappa shape index (κ3) is 3.63. The maximum Gasteiger partial charge on any atom is 0.263 e. The molecule has 5 rings (SSSR count). The molecule has 3 aliphatic rings. The summed E-state index contributed by atoms with van der Waals surface area (Å²) in [5, 5.41) is 0. The number of hydrogen-bond acceptors (Lipinski definition) is 3. The van der Waals surface area contributed by atoms with E-state index in [0.717, 1.165) is 44.7 Å². The zero-order chi connectivity index (χ0) is 19.7. The predicted molar refractivity (Wildman–Crippen MR) is 110 cm³/mol. The Morgan fingerprint density at radius 3 is 2.57 bits per heavy atom. The van der Waals surface area contributed by atoms with Crippen molar-refractivity contribution in [1.82, 2.24) is 14.4 Å². The van der Waals surface area contributed by atoms with E-state index in [4.69, 9.17) is 0 Å². The molecule has 0 N–H and O–H groups in total. The summed E-state index contributed by atoms with van der Waals surface area (Å²) in [6, 6.07) is 14.3. The molecular formula is C23H29N3O2. The highest BCUT2D eigenvalue weighted by molar-refractivity contribution is 5.94. The van der Waals surface area contributed by atoms with Crippen LogP contribution < -0.4 is 5.56 Å². The first-order valence-electron chi connectivity index (χ1n) is 10.3. The van der Waals surface area contributed by atoms with Crippen LogP contribution in [0.2, 0.25) is 0 Å². The van der Waals surface area contributed by atoms with E-state index < -0.39 is 0 Å². The molecule has 2 bridgehead atoms. The lowest BCUT2D eigenvalue weighted by molar-refractivity contribution is 0.0582. The van der Waals surface area contributed by atoms with Crippen LogP contribution in [-0.2, 0) is 13.1 Å². The molecule has 28 heavy (non-hydrogen) atoms. The first kappa shape index (κ1) is 18.9. The Bertz CT molecular complexity index is 906. The van der Waals surface area contributed by atoms with Crippen LogP contribution in [-0.4, -0.2) is 46.0 Å². The normalized spacial score (nSPS) is 22.3. The molecule has 4 heterocycles. The SMILES string of the molecule is CCn1c(C)ccc(C(=O)N2C[C@H]3CC[C@@H]2CN(Cc2ccccc2)C3)c1=O. The van der Waals surface area contributed by atoms with Gasteiger partial charge in [-0.25, -0.2) is 0 Å². The second-order valence-corrected chi connectivity index (χ2v) is 8.17. The molecule has 5 nitrogen and oxygen atoms in total. The lowest BCUT2D eigenvalue weighted by atomic mass is 9.94. The molecule has 2 aromatic rings. The number of aryl methyl sites for hydroxylation is 1. The summed E-state index contributed by atoms with van der Waals surface area (Å²) in [4.78, 5) is 30.6. The van der Waals surface area contributed by atoms with Crippen LogP contribution in [0, 0.1) is 12.8 Å². The maximum absolute atomic E-state index is 13.3. The standard InChI is InChI=1S/C23H29N3O2/c1-3-25-17(2)9-12-21(22(25)27)23(28)26-15-19-10-11-20(26)16-24(14-19)13-18-7-5-4-6-8-18/h4-9,12,19-20H,3,10-11,13-16H2,1-2H3/t19-,20+/m0/s1. The van der Waals surface area contributed by atoms with Gasteiger partial charge in [0, 0.05) is 44.5 Å². The Hall–Kier alpha value is -2.40. The van der Waals surface area contributed by atoms with E-state index >= 15 is 0 Å². The zero-order valence-electron chi connectivity index (χ0n) is 16.8. The van der Waals surface area contributed by atoms with E-state index in [1.54, 1.807) is 10.6 Å². The molecule has 0 radical (unpaired) electrons. The number of pyridine rings is 1. The van der Waals surface area contributed by atoms with E-state index in [1.165, 1.54) is 5.56 Å². The Labute approximate surface area is 166 Å². The molecule has 3 fully saturated rings. The molecule has 148 valence electrons. The molecule has 3 saturated heterocycles. The fraction of sp³-hybridized carbons (Fsp3) is 0.478. The van der Waals surface area contributed by atoms with Crippen LogP contribution in [0.3, 0.4) is 0 Å². The molecule has 1 aromatic carbocycles. The maximum atomic E-state index is 13.3. The fourth-order valence-corrected chi connectivity index (χ4v) is 4.78. The van der Waals surface area contributed by atoms with Crippen molar-refractivity contribution in [3.05, 3.63) is 69.6 Å². The molecule has 0 spiro atoms. The van der Waals surface area contributed by atoms with Crippen LogP contribution in [0.1, 0.15) is 41.4 Å². The second kappa shape index (κ2) is 7.92. The van der Waals surface area contributed by atoms with Crippen molar-refractivity contribution in [2.45, 2.75) is 45.8 Å². The highest BCUT2D eigenvalue weighted by atomic mass is 16.2. The van der Waals surface area contributed by atoms with E-state index in [1.807, 2.05) is 30.9 Å². The molecule has 0 aliphatic carbocycles. The van der Waals surface area contributed by atoms with Crippen LogP contribution in [0.15, 0.2) is 47.3 Å². The van der Waals surface area contributed by atoms with Gasteiger partial charge in [0.05, 0.1) is 0 Å². The van der Waals surface area contributed by atoms with Crippen LogP contribution >= 0.6 is 0 Å². The minimum atomic E-state index is -0.159. The topological polar surface area (TPSA) is 45.6 Å². The van der Waals surface area contributed by atoms with Crippen molar-refractivity contribution in [3.8, 4) is 0 Å². The molecule has 1 aromatic heterocycles. The highest BCUT2D eigenvalue weighted by Gasteiger charge is 2.38. The third-order valence-electron chi connectivity index (χ3n) is 6.24. The molecule has 0 unspecified atom stereocenters. The fourth-order valence-electron chi connectivity index (χ4n) is 4.78. The third-order valence-corrected chi connectivity index (χ3v) is 6.24. The lowest BCUT2D eigenvalue weighted by Crippen LogP contribution is -2.49. The minimum Gasteiger partial charge on any atom is -0.334 e. The van der Waals surface area contributed by atoms with Crippen molar-refractivity contribution < 1.29 is 4.79 Å². The van der Waals surface area contributed by atoms with Crippen molar-refractivity contribution in [1.29, 1.82) is 0 Å². The van der Waals surface area contributed by atoms with Gasteiger partial charge in [0.2, 0.25) is 0 Å². The summed E-state index contributed by atoms with van der Waals surface area (Å²) >= 11 is 0. The predicted octanol–water partition coefficient (Wildman–Crippen LogP) is 2.91.